The lowest BCUT2D eigenvalue weighted by Crippen LogP contribution is -2.14. The van der Waals surface area contributed by atoms with Crippen molar-refractivity contribution in [1.82, 2.24) is 0 Å². The van der Waals surface area contributed by atoms with Gasteiger partial charge in [0.2, 0.25) is 0 Å². The highest BCUT2D eigenvalue weighted by molar-refractivity contribution is 7.78. The molecule has 0 spiro atoms. The van der Waals surface area contributed by atoms with Crippen LogP contribution in [-0.2, 0) is 4.74 Å². The molecular weight excluding hydrogens is 210 g/mol. The smallest absolute Gasteiger partial charge is 0.338 e. The molecule has 0 radical (unpaired) electrons. The summed E-state index contributed by atoms with van der Waals surface area (Å²) in [6.07, 6.45) is 0. The fourth-order valence-electron chi connectivity index (χ4n) is 0.981. The second-order valence-electron chi connectivity index (χ2n) is 3.03. The normalized spacial score (nSPS) is 11.3. The largest absolute Gasteiger partial charge is 0.460 e. The number of ether oxygens (including phenoxy) is 1. The van der Waals surface area contributed by atoms with Gasteiger partial charge < -0.3 is 4.74 Å². The summed E-state index contributed by atoms with van der Waals surface area (Å²) in [6, 6.07) is 8.68. The first-order chi connectivity index (χ1) is 7.24. The molecule has 0 bridgehead atoms. The number of hydrogen-bond acceptors (Lipinski definition) is 4. The average Bonchev–Trinajstić information content (AvgIpc) is 2.27. The summed E-state index contributed by atoms with van der Waals surface area (Å²) in [5.74, 6) is -0.345. The number of rotatable bonds is 4. The van der Waals surface area contributed by atoms with E-state index in [2.05, 4.69) is 22.4 Å². The minimum absolute atomic E-state index is 0.143. The Hall–Kier alpha value is -1.51. The number of thiocarbonyl (C=S) groups is 1. The molecule has 4 heteroatoms. The van der Waals surface area contributed by atoms with E-state index in [1.807, 2.05) is 6.07 Å². The monoisotopic (exact) mass is 221 g/mol. The highest BCUT2D eigenvalue weighted by Gasteiger charge is 2.07. The van der Waals surface area contributed by atoms with Crippen molar-refractivity contribution in [3.63, 3.8) is 0 Å². The Morgan fingerprint density at radius 3 is 2.80 bits per heavy atom. The van der Waals surface area contributed by atoms with Gasteiger partial charge in [-0.3, -0.25) is 0 Å². The van der Waals surface area contributed by atoms with Crippen LogP contribution in [0.1, 0.15) is 17.3 Å². The maximum Gasteiger partial charge on any atom is 0.338 e. The lowest BCUT2D eigenvalue weighted by atomic mass is 10.2. The predicted molar refractivity (Wildman–Crippen MR) is 61.2 cm³/mol. The Balaban J connectivity index is 2.47. The molecule has 0 N–H and O–H groups in total. The number of nitrogens with zero attached hydrogens (tertiary/aromatic N) is 1. The summed E-state index contributed by atoms with van der Waals surface area (Å²) in [5.41, 5.74) is 0.538. The molecule has 0 saturated carbocycles. The molecule has 0 amide bonds. The molecule has 78 valence electrons. The van der Waals surface area contributed by atoms with Gasteiger partial charge in [-0.25, -0.2) is 9.79 Å². The third-order valence-electron chi connectivity index (χ3n) is 1.74. The van der Waals surface area contributed by atoms with Crippen LogP contribution in [-0.4, -0.2) is 23.8 Å². The topological polar surface area (TPSA) is 38.7 Å². The first kappa shape index (κ1) is 11.6. The first-order valence-corrected chi connectivity index (χ1v) is 4.94. The predicted octanol–water partition coefficient (Wildman–Crippen LogP) is 2.33. The van der Waals surface area contributed by atoms with Gasteiger partial charge in [0.25, 0.3) is 0 Å². The van der Waals surface area contributed by atoms with E-state index < -0.39 is 0 Å². The first-order valence-electron chi connectivity index (χ1n) is 4.53. The number of isothiocyanates is 1. The van der Waals surface area contributed by atoms with Gasteiger partial charge in [-0.15, -0.1) is 0 Å². The number of esters is 1. The van der Waals surface area contributed by atoms with Crippen molar-refractivity contribution in [2.75, 3.05) is 6.61 Å². The minimum atomic E-state index is -0.345. The van der Waals surface area contributed by atoms with Crippen molar-refractivity contribution in [3.8, 4) is 0 Å². The lowest BCUT2D eigenvalue weighted by Gasteiger charge is -2.06. The quantitative estimate of drug-likeness (QED) is 0.445. The zero-order valence-corrected chi connectivity index (χ0v) is 9.16. The molecule has 1 rings (SSSR count). The molecule has 0 aromatic heterocycles. The summed E-state index contributed by atoms with van der Waals surface area (Å²) >= 11 is 4.44. The van der Waals surface area contributed by atoms with E-state index in [1.165, 1.54) is 0 Å². The van der Waals surface area contributed by atoms with E-state index in [0.717, 1.165) is 0 Å². The maximum absolute atomic E-state index is 11.4. The Labute approximate surface area is 93.8 Å². The molecule has 0 aliphatic carbocycles. The number of carbonyl (C=O) groups is 1. The highest BCUT2D eigenvalue weighted by atomic mass is 32.1. The van der Waals surface area contributed by atoms with E-state index in [4.69, 9.17) is 4.74 Å². The SMILES string of the molecule is CC(COC(=O)c1ccccc1)N=C=S. The van der Waals surface area contributed by atoms with Crippen LogP contribution in [0.4, 0.5) is 0 Å². The Bertz CT molecular complexity index is 371. The fourth-order valence-corrected chi connectivity index (χ4v) is 1.16. The Kier molecular flexibility index (Phi) is 4.68. The van der Waals surface area contributed by atoms with Crippen LogP contribution >= 0.6 is 12.2 Å². The second kappa shape index (κ2) is 6.06. The summed E-state index contributed by atoms with van der Waals surface area (Å²) in [6.45, 7) is 2.02. The van der Waals surface area contributed by atoms with Crippen molar-refractivity contribution >= 4 is 23.3 Å². The Morgan fingerprint density at radius 1 is 1.53 bits per heavy atom. The summed E-state index contributed by atoms with van der Waals surface area (Å²) < 4.78 is 5.02. The summed E-state index contributed by atoms with van der Waals surface area (Å²) in [7, 11) is 0. The molecule has 0 aliphatic heterocycles. The molecule has 0 saturated heterocycles. The van der Waals surface area contributed by atoms with Gasteiger partial charge in [0.1, 0.15) is 6.61 Å². The van der Waals surface area contributed by atoms with Crippen LogP contribution in [0.15, 0.2) is 35.3 Å². The highest BCUT2D eigenvalue weighted by Crippen LogP contribution is 2.02. The van der Waals surface area contributed by atoms with E-state index in [1.54, 1.807) is 31.2 Å². The van der Waals surface area contributed by atoms with Crippen LogP contribution < -0.4 is 0 Å². The van der Waals surface area contributed by atoms with E-state index in [0.29, 0.717) is 5.56 Å². The molecule has 3 nitrogen and oxygen atoms in total. The van der Waals surface area contributed by atoms with Gasteiger partial charge in [0, 0.05) is 0 Å². The number of hydrogen-bond donors (Lipinski definition) is 0. The molecule has 1 atom stereocenters. The van der Waals surface area contributed by atoms with Crippen molar-refractivity contribution < 1.29 is 9.53 Å². The van der Waals surface area contributed by atoms with Gasteiger partial charge in [0.15, 0.2) is 0 Å². The number of benzene rings is 1. The van der Waals surface area contributed by atoms with Gasteiger partial charge in [-0.1, -0.05) is 18.2 Å². The van der Waals surface area contributed by atoms with Crippen LogP contribution in [0.2, 0.25) is 0 Å². The van der Waals surface area contributed by atoms with Gasteiger partial charge >= 0.3 is 5.97 Å². The Morgan fingerprint density at radius 2 is 2.20 bits per heavy atom. The zero-order chi connectivity index (χ0) is 11.1. The molecule has 15 heavy (non-hydrogen) atoms. The van der Waals surface area contributed by atoms with Crippen molar-refractivity contribution in [2.45, 2.75) is 13.0 Å². The van der Waals surface area contributed by atoms with Crippen molar-refractivity contribution in [2.24, 2.45) is 4.99 Å². The second-order valence-corrected chi connectivity index (χ2v) is 3.22. The van der Waals surface area contributed by atoms with Gasteiger partial charge in [-0.05, 0) is 31.3 Å². The van der Waals surface area contributed by atoms with Crippen LogP contribution in [0.25, 0.3) is 0 Å². The molecular formula is C11H11NO2S. The fraction of sp³-hybridized carbons (Fsp3) is 0.273. The minimum Gasteiger partial charge on any atom is -0.460 e. The summed E-state index contributed by atoms with van der Waals surface area (Å²) in [4.78, 5) is 15.2. The number of aliphatic imine (C=N–C) groups is 1. The third kappa shape index (κ3) is 4.02. The third-order valence-corrected chi connectivity index (χ3v) is 1.84. The van der Waals surface area contributed by atoms with Crippen molar-refractivity contribution in [1.29, 1.82) is 0 Å². The van der Waals surface area contributed by atoms with Crippen LogP contribution in [0.5, 0.6) is 0 Å². The molecule has 0 fully saturated rings. The molecule has 1 aromatic rings. The standard InChI is InChI=1S/C11H11NO2S/c1-9(12-8-15)7-14-11(13)10-5-3-2-4-6-10/h2-6,9H,7H2,1H3. The lowest BCUT2D eigenvalue weighted by molar-refractivity contribution is 0.0488. The maximum atomic E-state index is 11.4. The van der Waals surface area contributed by atoms with E-state index in [-0.39, 0.29) is 18.6 Å². The van der Waals surface area contributed by atoms with Gasteiger partial charge in [0.05, 0.1) is 16.8 Å². The molecule has 0 aliphatic rings. The average molecular weight is 221 g/mol. The van der Waals surface area contributed by atoms with Crippen LogP contribution in [0.3, 0.4) is 0 Å². The molecule has 1 aromatic carbocycles. The number of carbonyl (C=O) groups excluding carboxylic acids is 1. The molecule has 0 heterocycles. The molecule has 1 unspecified atom stereocenters. The van der Waals surface area contributed by atoms with Gasteiger partial charge in [-0.2, -0.15) is 0 Å². The van der Waals surface area contributed by atoms with Crippen molar-refractivity contribution in [3.05, 3.63) is 35.9 Å². The van der Waals surface area contributed by atoms with Crippen LogP contribution in [0, 0.1) is 0 Å². The van der Waals surface area contributed by atoms with E-state index >= 15 is 0 Å². The zero-order valence-electron chi connectivity index (χ0n) is 8.34. The summed E-state index contributed by atoms with van der Waals surface area (Å²) in [5, 5.41) is 2.25. The van der Waals surface area contributed by atoms with E-state index in [9.17, 15) is 4.79 Å².